The van der Waals surface area contributed by atoms with Gasteiger partial charge in [0.15, 0.2) is 0 Å². The maximum absolute atomic E-state index is 5.63. The van der Waals surface area contributed by atoms with Gasteiger partial charge in [-0.15, -0.1) is 0 Å². The molecule has 0 fully saturated rings. The predicted octanol–water partition coefficient (Wildman–Crippen LogP) is 2.42. The molecule has 0 spiro atoms. The van der Waals surface area contributed by atoms with Crippen LogP contribution in [-0.2, 0) is 6.42 Å². The first-order valence-electron chi connectivity index (χ1n) is 4.05. The lowest BCUT2D eigenvalue weighted by atomic mass is 10.1. The van der Waals surface area contributed by atoms with E-state index in [4.69, 9.17) is 5.73 Å². The van der Waals surface area contributed by atoms with Crippen molar-refractivity contribution >= 4 is 11.3 Å². The van der Waals surface area contributed by atoms with Crippen molar-refractivity contribution in [2.45, 2.75) is 32.2 Å². The lowest BCUT2D eigenvalue weighted by molar-refractivity contribution is 0.625. The average molecular weight is 169 g/mol. The molecule has 0 bridgehead atoms. The molecule has 11 heavy (non-hydrogen) atoms. The van der Waals surface area contributed by atoms with Gasteiger partial charge in [0.25, 0.3) is 0 Å². The number of hydrogen-bond acceptors (Lipinski definition) is 2. The van der Waals surface area contributed by atoms with Gasteiger partial charge in [0.1, 0.15) is 0 Å². The van der Waals surface area contributed by atoms with E-state index in [1.54, 1.807) is 11.3 Å². The van der Waals surface area contributed by atoms with Crippen LogP contribution in [0.4, 0.5) is 0 Å². The second-order valence-electron chi connectivity index (χ2n) is 3.00. The molecular weight excluding hydrogens is 154 g/mol. The van der Waals surface area contributed by atoms with E-state index in [2.05, 4.69) is 23.8 Å². The average Bonchev–Trinajstić information content (AvgIpc) is 2.39. The molecule has 0 aromatic carbocycles. The van der Waals surface area contributed by atoms with Crippen molar-refractivity contribution in [1.82, 2.24) is 0 Å². The van der Waals surface area contributed by atoms with Gasteiger partial charge in [0.2, 0.25) is 0 Å². The van der Waals surface area contributed by atoms with Crippen molar-refractivity contribution in [2.75, 3.05) is 0 Å². The molecular formula is C9H15NS. The summed E-state index contributed by atoms with van der Waals surface area (Å²) in [7, 11) is 0. The summed E-state index contributed by atoms with van der Waals surface area (Å²) >= 11 is 1.77. The third kappa shape index (κ3) is 3.54. The highest BCUT2D eigenvalue weighted by atomic mass is 32.1. The quantitative estimate of drug-likeness (QED) is 0.736. The number of nitrogens with two attached hydrogens (primary N) is 1. The lowest BCUT2D eigenvalue weighted by Crippen LogP contribution is -2.14. The van der Waals surface area contributed by atoms with E-state index >= 15 is 0 Å². The first kappa shape index (κ1) is 8.75. The van der Waals surface area contributed by atoms with E-state index in [1.807, 2.05) is 0 Å². The summed E-state index contributed by atoms with van der Waals surface area (Å²) in [5, 5.41) is 4.34. The molecule has 1 aromatic heterocycles. The molecule has 1 heterocycles. The fraction of sp³-hybridized carbons (Fsp3) is 0.556. The second-order valence-corrected chi connectivity index (χ2v) is 3.78. The van der Waals surface area contributed by atoms with E-state index in [1.165, 1.54) is 18.4 Å². The summed E-state index contributed by atoms with van der Waals surface area (Å²) in [6.07, 6.45) is 3.54. The van der Waals surface area contributed by atoms with E-state index in [-0.39, 0.29) is 0 Å². The Morgan fingerprint density at radius 3 is 3.00 bits per heavy atom. The van der Waals surface area contributed by atoms with Crippen molar-refractivity contribution in [3.63, 3.8) is 0 Å². The maximum Gasteiger partial charge on any atom is 0.00105 e. The van der Waals surface area contributed by atoms with Gasteiger partial charge in [-0.3, -0.25) is 0 Å². The first-order valence-corrected chi connectivity index (χ1v) is 5.00. The molecule has 0 aliphatic rings. The highest BCUT2D eigenvalue weighted by Crippen LogP contribution is 2.09. The molecule has 0 amide bonds. The van der Waals surface area contributed by atoms with Crippen LogP contribution in [0.25, 0.3) is 0 Å². The van der Waals surface area contributed by atoms with Crippen LogP contribution < -0.4 is 5.73 Å². The molecule has 0 aliphatic heterocycles. The minimum atomic E-state index is 0.355. The van der Waals surface area contributed by atoms with Gasteiger partial charge < -0.3 is 5.73 Å². The Balaban J connectivity index is 2.14. The Bertz CT molecular complexity index is 179. The molecule has 1 nitrogen and oxygen atoms in total. The van der Waals surface area contributed by atoms with Crippen molar-refractivity contribution in [3.8, 4) is 0 Å². The number of rotatable bonds is 4. The maximum atomic E-state index is 5.63. The molecule has 0 aliphatic carbocycles. The molecule has 0 saturated heterocycles. The van der Waals surface area contributed by atoms with Crippen molar-refractivity contribution in [2.24, 2.45) is 5.73 Å². The van der Waals surface area contributed by atoms with E-state index in [9.17, 15) is 0 Å². The largest absolute Gasteiger partial charge is 0.328 e. The van der Waals surface area contributed by atoms with Crippen LogP contribution in [0.2, 0.25) is 0 Å². The smallest absolute Gasteiger partial charge is 0.00105 e. The van der Waals surface area contributed by atoms with Gasteiger partial charge in [-0.1, -0.05) is 0 Å². The third-order valence-electron chi connectivity index (χ3n) is 1.71. The number of thiophene rings is 1. The molecule has 2 N–H and O–H groups in total. The Hall–Kier alpha value is -0.340. The zero-order valence-corrected chi connectivity index (χ0v) is 7.73. The number of hydrogen-bond donors (Lipinski definition) is 1. The van der Waals surface area contributed by atoms with Gasteiger partial charge in [-0.25, -0.2) is 0 Å². The van der Waals surface area contributed by atoms with Crippen molar-refractivity contribution in [1.29, 1.82) is 0 Å². The SMILES string of the molecule is CC(N)CCCc1ccsc1. The molecule has 0 saturated carbocycles. The molecule has 1 atom stereocenters. The standard InChI is InChI=1S/C9H15NS/c1-8(10)3-2-4-9-5-6-11-7-9/h5-8H,2-4,10H2,1H3. The third-order valence-corrected chi connectivity index (χ3v) is 2.44. The minimum absolute atomic E-state index is 0.355. The Morgan fingerprint density at radius 2 is 2.45 bits per heavy atom. The Labute approximate surface area is 72.2 Å². The van der Waals surface area contributed by atoms with Crippen LogP contribution >= 0.6 is 11.3 Å². The van der Waals surface area contributed by atoms with Crippen molar-refractivity contribution in [3.05, 3.63) is 22.4 Å². The topological polar surface area (TPSA) is 26.0 Å². The lowest BCUT2D eigenvalue weighted by Gasteiger charge is -2.02. The molecule has 1 rings (SSSR count). The van der Waals surface area contributed by atoms with Crippen LogP contribution in [-0.4, -0.2) is 6.04 Å². The summed E-state index contributed by atoms with van der Waals surface area (Å²) in [5.41, 5.74) is 7.09. The highest BCUT2D eigenvalue weighted by molar-refractivity contribution is 7.07. The van der Waals surface area contributed by atoms with E-state index < -0.39 is 0 Å². The summed E-state index contributed by atoms with van der Waals surface area (Å²) in [6, 6.07) is 2.54. The van der Waals surface area contributed by atoms with E-state index in [0.717, 1.165) is 6.42 Å². The van der Waals surface area contributed by atoms with Gasteiger partial charge in [-0.05, 0) is 48.6 Å². The summed E-state index contributed by atoms with van der Waals surface area (Å²) in [6.45, 7) is 2.06. The van der Waals surface area contributed by atoms with Crippen LogP contribution in [0.15, 0.2) is 16.8 Å². The minimum Gasteiger partial charge on any atom is -0.328 e. The van der Waals surface area contributed by atoms with Gasteiger partial charge >= 0.3 is 0 Å². The Kier molecular flexibility index (Phi) is 3.60. The molecule has 0 radical (unpaired) electrons. The summed E-state index contributed by atoms with van der Waals surface area (Å²) in [5.74, 6) is 0. The van der Waals surface area contributed by atoms with Crippen LogP contribution in [0.1, 0.15) is 25.3 Å². The monoisotopic (exact) mass is 169 g/mol. The zero-order chi connectivity index (χ0) is 8.10. The fourth-order valence-corrected chi connectivity index (χ4v) is 1.77. The van der Waals surface area contributed by atoms with Gasteiger partial charge in [0, 0.05) is 6.04 Å². The second kappa shape index (κ2) is 4.52. The molecule has 1 unspecified atom stereocenters. The van der Waals surface area contributed by atoms with Crippen LogP contribution in [0, 0.1) is 0 Å². The molecule has 2 heteroatoms. The van der Waals surface area contributed by atoms with Gasteiger partial charge in [0.05, 0.1) is 0 Å². The molecule has 62 valence electrons. The molecule has 1 aromatic rings. The van der Waals surface area contributed by atoms with Crippen LogP contribution in [0.3, 0.4) is 0 Å². The van der Waals surface area contributed by atoms with E-state index in [0.29, 0.717) is 6.04 Å². The Morgan fingerprint density at radius 1 is 1.64 bits per heavy atom. The first-order chi connectivity index (χ1) is 5.29. The van der Waals surface area contributed by atoms with Crippen LogP contribution in [0.5, 0.6) is 0 Å². The number of aryl methyl sites for hydroxylation is 1. The zero-order valence-electron chi connectivity index (χ0n) is 6.92. The fourth-order valence-electron chi connectivity index (χ4n) is 1.06. The van der Waals surface area contributed by atoms with Crippen molar-refractivity contribution < 1.29 is 0 Å². The normalized spacial score (nSPS) is 13.3. The summed E-state index contributed by atoms with van der Waals surface area (Å²) in [4.78, 5) is 0. The van der Waals surface area contributed by atoms with Gasteiger partial charge in [-0.2, -0.15) is 11.3 Å². The highest BCUT2D eigenvalue weighted by Gasteiger charge is 1.95. The summed E-state index contributed by atoms with van der Waals surface area (Å²) < 4.78 is 0. The predicted molar refractivity (Wildman–Crippen MR) is 50.9 cm³/mol.